The van der Waals surface area contributed by atoms with Crippen molar-refractivity contribution in [2.24, 2.45) is 54.9 Å². The molecule has 10 heteroatoms. The van der Waals surface area contributed by atoms with Crippen LogP contribution in [-0.2, 0) is 14.4 Å². The van der Waals surface area contributed by atoms with E-state index >= 15 is 0 Å². The van der Waals surface area contributed by atoms with Crippen LogP contribution in [0, 0.1) is 34.5 Å². The van der Waals surface area contributed by atoms with Crippen molar-refractivity contribution >= 4 is 23.6 Å². The number of amides is 3. The Bertz CT molecular complexity index is 808. The Labute approximate surface area is 201 Å². The van der Waals surface area contributed by atoms with Gasteiger partial charge in [0.2, 0.25) is 0 Å². The van der Waals surface area contributed by atoms with Gasteiger partial charge in [-0.2, -0.15) is 0 Å². The number of aliphatic imine (C=N–C) groups is 1. The Morgan fingerprint density at radius 1 is 1.31 bits per heavy atom. The Balaban J connectivity index is 1.79. The van der Waals surface area contributed by atoms with Gasteiger partial charge in [0.05, 0.1) is 0 Å². The molecular formula is C22H38IN6O3-. The van der Waals surface area contributed by atoms with E-state index in [0.717, 1.165) is 6.42 Å². The maximum absolute atomic E-state index is 13.6. The predicted molar refractivity (Wildman–Crippen MR) is 119 cm³/mol. The van der Waals surface area contributed by atoms with Crippen LogP contribution in [0.4, 0.5) is 0 Å². The number of halogens is 1. The molecule has 1 aliphatic carbocycles. The Morgan fingerprint density at radius 3 is 2.47 bits per heavy atom. The number of fused-ring (bicyclic) bond motifs is 1. The van der Waals surface area contributed by atoms with Crippen molar-refractivity contribution in [3.63, 3.8) is 0 Å². The van der Waals surface area contributed by atoms with Crippen LogP contribution in [0.3, 0.4) is 0 Å². The van der Waals surface area contributed by atoms with Crippen LogP contribution >= 0.6 is 0 Å². The van der Waals surface area contributed by atoms with E-state index in [1.807, 2.05) is 20.8 Å². The van der Waals surface area contributed by atoms with Crippen LogP contribution in [0.2, 0.25) is 0 Å². The topological polar surface area (TPSA) is 157 Å². The van der Waals surface area contributed by atoms with Crippen LogP contribution in [0.5, 0.6) is 0 Å². The van der Waals surface area contributed by atoms with Gasteiger partial charge in [0.15, 0.2) is 0 Å². The molecule has 0 unspecified atom stereocenters. The first-order valence-corrected chi connectivity index (χ1v) is 14.1. The molecule has 0 aromatic rings. The quantitative estimate of drug-likeness (QED) is 0.140. The Kier molecular flexibility index (Phi) is 7.15. The van der Waals surface area contributed by atoms with E-state index in [2.05, 4.69) is 24.2 Å². The second-order valence-electron chi connectivity index (χ2n) is 11.1. The number of rotatable bonds is 8. The van der Waals surface area contributed by atoms with Crippen LogP contribution in [0.25, 0.3) is 0 Å². The number of carbonyl (C=O) groups is 3. The number of likely N-dealkylation sites (tertiary alicyclic amines) is 1. The van der Waals surface area contributed by atoms with E-state index in [9.17, 15) is 14.4 Å². The first kappa shape index (κ1) is 25.2. The van der Waals surface area contributed by atoms with Crippen molar-refractivity contribution in [3.05, 3.63) is 0 Å². The Morgan fingerprint density at radius 2 is 1.97 bits per heavy atom. The summed E-state index contributed by atoms with van der Waals surface area (Å²) in [5.41, 5.74) is 11.3. The van der Waals surface area contributed by atoms with E-state index < -0.39 is 39.5 Å². The number of piperidine rings is 1. The SMILES string of the molecule is CC(C)(C)[C@H](C[I-]N)C(=O)N1C[C@H]2[C@@H]([C@H]1C(=O)N[C@@H](C[C@@H]1CCN=C1N)C(N)=O)C2(C)C. The third kappa shape index (κ3) is 4.76. The van der Waals surface area contributed by atoms with Gasteiger partial charge in [-0.05, 0) is 0 Å². The van der Waals surface area contributed by atoms with Crippen molar-refractivity contribution < 1.29 is 35.9 Å². The molecule has 0 bridgehead atoms. The molecule has 2 heterocycles. The fraction of sp³-hybridized carbons (Fsp3) is 0.818. The normalized spacial score (nSPS) is 30.4. The molecule has 32 heavy (non-hydrogen) atoms. The van der Waals surface area contributed by atoms with Crippen molar-refractivity contribution in [1.29, 1.82) is 0 Å². The standard InChI is InChI=1S/C22H38IN6O3/c1-21(2,3)12(9-23-26)20(32)29-10-13-15(22(13,4)5)16(29)19(31)28-14(18(25)30)8-11-6-7-27-17(11)24/h11-16H,6-10,26H2,1-5H3,(H2,24,27)(H2,25,30)(H,28,31)/q-1/t11-,12+,13-,14-,15-,16-/m0/s1. The molecule has 3 amide bonds. The van der Waals surface area contributed by atoms with Gasteiger partial charge in [-0.1, -0.05) is 0 Å². The minimum absolute atomic E-state index is 0.00593. The third-order valence-electron chi connectivity index (χ3n) is 7.72. The van der Waals surface area contributed by atoms with Crippen LogP contribution < -0.4 is 42.2 Å². The number of nitrogens with two attached hydrogens (primary N) is 3. The van der Waals surface area contributed by atoms with Gasteiger partial charge in [-0.3, -0.25) is 0 Å². The van der Waals surface area contributed by atoms with E-state index in [1.54, 1.807) is 4.90 Å². The van der Waals surface area contributed by atoms with Crippen molar-refractivity contribution in [2.75, 3.05) is 17.5 Å². The number of hydrogen-bond donors (Lipinski definition) is 4. The molecule has 0 radical (unpaired) electrons. The molecule has 2 fully saturated rings. The molecule has 3 aliphatic rings. The molecular weight excluding hydrogens is 523 g/mol. The second kappa shape index (κ2) is 9.08. The van der Waals surface area contributed by atoms with Crippen LogP contribution in [0.15, 0.2) is 4.99 Å². The van der Waals surface area contributed by atoms with Gasteiger partial charge >= 0.3 is 202 Å². The van der Waals surface area contributed by atoms with Crippen LogP contribution in [-0.4, -0.2) is 58.1 Å². The van der Waals surface area contributed by atoms with Gasteiger partial charge < -0.3 is 0 Å². The summed E-state index contributed by atoms with van der Waals surface area (Å²) in [5.74, 6) is -0.343. The summed E-state index contributed by atoms with van der Waals surface area (Å²) in [6.45, 7) is 11.6. The predicted octanol–water partition coefficient (Wildman–Crippen LogP) is -3.17. The number of nitrogens with one attached hydrogen (secondary N) is 1. The van der Waals surface area contributed by atoms with Gasteiger partial charge in [0, 0.05) is 0 Å². The molecule has 6 atom stereocenters. The fourth-order valence-electron chi connectivity index (χ4n) is 5.42. The van der Waals surface area contributed by atoms with E-state index in [-0.39, 0.29) is 46.3 Å². The van der Waals surface area contributed by atoms with E-state index in [4.69, 9.17) is 15.4 Å². The Hall–Kier alpha value is -1.43. The number of nitrogens with zero attached hydrogens (tertiary/aromatic N) is 2. The number of alkyl halides is 1. The first-order valence-electron chi connectivity index (χ1n) is 11.3. The van der Waals surface area contributed by atoms with Gasteiger partial charge in [-0.15, -0.1) is 0 Å². The maximum atomic E-state index is 13.6. The molecule has 0 spiro atoms. The fourth-order valence-corrected chi connectivity index (χ4v) is 7.63. The molecule has 1 saturated carbocycles. The van der Waals surface area contributed by atoms with Crippen molar-refractivity contribution in [1.82, 2.24) is 10.2 Å². The zero-order chi connectivity index (χ0) is 24.0. The number of hydrogen-bond acceptors (Lipinski definition) is 6. The van der Waals surface area contributed by atoms with E-state index in [1.165, 1.54) is 0 Å². The van der Waals surface area contributed by atoms with Crippen LogP contribution in [0.1, 0.15) is 47.5 Å². The molecule has 2 aliphatic heterocycles. The second-order valence-corrected chi connectivity index (χ2v) is 12.9. The molecule has 0 aromatic heterocycles. The van der Waals surface area contributed by atoms with Gasteiger partial charge in [0.25, 0.3) is 0 Å². The minimum atomic E-state index is -0.842. The summed E-state index contributed by atoms with van der Waals surface area (Å²) in [7, 11) is 0. The number of amidine groups is 1. The molecule has 3 rings (SSSR count). The number of primary amides is 1. The number of carbonyl (C=O) groups excluding carboxylic acids is 3. The average Bonchev–Trinajstić information content (AvgIpc) is 3.05. The molecule has 1 saturated heterocycles. The summed E-state index contributed by atoms with van der Waals surface area (Å²) in [5, 5.41) is 2.86. The zero-order valence-corrected chi connectivity index (χ0v) is 21.9. The summed E-state index contributed by atoms with van der Waals surface area (Å²) in [6.07, 6.45) is 1.07. The van der Waals surface area contributed by atoms with Gasteiger partial charge in [-0.25, -0.2) is 0 Å². The zero-order valence-electron chi connectivity index (χ0n) is 19.7. The molecule has 7 N–H and O–H groups in total. The van der Waals surface area contributed by atoms with Crippen molar-refractivity contribution in [3.8, 4) is 0 Å². The molecule has 9 nitrogen and oxygen atoms in total. The molecule has 0 aromatic carbocycles. The van der Waals surface area contributed by atoms with Gasteiger partial charge in [0.1, 0.15) is 0 Å². The summed E-state index contributed by atoms with van der Waals surface area (Å²) < 4.78 is 6.59. The summed E-state index contributed by atoms with van der Waals surface area (Å²) >= 11 is -0.566. The summed E-state index contributed by atoms with van der Waals surface area (Å²) in [4.78, 5) is 45.2. The monoisotopic (exact) mass is 561 g/mol. The van der Waals surface area contributed by atoms with E-state index in [0.29, 0.717) is 29.8 Å². The molecule has 182 valence electrons. The van der Waals surface area contributed by atoms with Crippen molar-refractivity contribution in [2.45, 2.75) is 59.5 Å². The first-order chi connectivity index (χ1) is 14.8. The summed E-state index contributed by atoms with van der Waals surface area (Å²) in [6, 6.07) is -1.44. The third-order valence-corrected chi connectivity index (χ3v) is 9.11. The average molecular weight is 561 g/mol.